The van der Waals surface area contributed by atoms with Crippen LogP contribution in [0, 0.1) is 24.7 Å². The number of hydrogen-bond acceptors (Lipinski definition) is 2. The summed E-state index contributed by atoms with van der Waals surface area (Å²) in [5, 5.41) is 3.24. The molecule has 2 aliphatic rings. The zero-order chi connectivity index (χ0) is 14.1. The quantitative estimate of drug-likeness (QED) is 0.881. The van der Waals surface area contributed by atoms with Crippen molar-refractivity contribution in [3.05, 3.63) is 29.3 Å². The van der Waals surface area contributed by atoms with Gasteiger partial charge in [-0.25, -0.2) is 0 Å². The molecule has 1 aromatic rings. The molecule has 2 bridgehead atoms. The van der Waals surface area contributed by atoms with E-state index in [9.17, 15) is 0 Å². The fourth-order valence-electron chi connectivity index (χ4n) is 4.36. The van der Waals surface area contributed by atoms with Crippen LogP contribution in [0.25, 0.3) is 0 Å². The number of anilines is 1. The minimum atomic E-state index is 0.941. The van der Waals surface area contributed by atoms with Crippen LogP contribution in [0.2, 0.25) is 0 Å². The van der Waals surface area contributed by atoms with Gasteiger partial charge in [-0.05, 0) is 74.2 Å². The molecule has 3 rings (SSSR count). The minimum Gasteiger partial charge on any atom is -0.374 e. The van der Waals surface area contributed by atoms with Crippen molar-refractivity contribution < 1.29 is 0 Å². The van der Waals surface area contributed by atoms with E-state index in [0.717, 1.165) is 24.3 Å². The van der Waals surface area contributed by atoms with Gasteiger partial charge in [-0.1, -0.05) is 12.5 Å². The molecule has 2 nitrogen and oxygen atoms in total. The van der Waals surface area contributed by atoms with Crippen LogP contribution in [0.4, 0.5) is 5.69 Å². The van der Waals surface area contributed by atoms with E-state index >= 15 is 0 Å². The van der Waals surface area contributed by atoms with Crippen LogP contribution in [0.15, 0.2) is 18.2 Å². The van der Waals surface area contributed by atoms with Crippen molar-refractivity contribution in [2.45, 2.75) is 39.2 Å². The Morgan fingerprint density at radius 2 is 2.10 bits per heavy atom. The lowest BCUT2D eigenvalue weighted by atomic mass is 9.88. The van der Waals surface area contributed by atoms with Crippen LogP contribution in [0.1, 0.15) is 36.8 Å². The molecule has 0 amide bonds. The van der Waals surface area contributed by atoms with Crippen molar-refractivity contribution in [2.75, 3.05) is 25.5 Å². The molecule has 0 saturated heterocycles. The lowest BCUT2D eigenvalue weighted by molar-refractivity contribution is 0.337. The van der Waals surface area contributed by atoms with E-state index in [0.29, 0.717) is 0 Å². The largest absolute Gasteiger partial charge is 0.374 e. The summed E-state index contributed by atoms with van der Waals surface area (Å²) in [6.07, 6.45) is 5.98. The summed E-state index contributed by atoms with van der Waals surface area (Å²) in [7, 11) is 4.27. The van der Waals surface area contributed by atoms with Crippen molar-refractivity contribution in [3.63, 3.8) is 0 Å². The predicted molar refractivity (Wildman–Crippen MR) is 86.2 cm³/mol. The third-order valence-electron chi connectivity index (χ3n) is 5.53. The highest BCUT2D eigenvalue weighted by molar-refractivity contribution is 5.50. The van der Waals surface area contributed by atoms with Gasteiger partial charge in [-0.15, -0.1) is 0 Å². The maximum absolute atomic E-state index is 3.24. The Bertz CT molecular complexity index is 468. The van der Waals surface area contributed by atoms with Crippen LogP contribution >= 0.6 is 0 Å². The number of fused-ring (bicyclic) bond motifs is 2. The van der Waals surface area contributed by atoms with Gasteiger partial charge in [0.15, 0.2) is 0 Å². The van der Waals surface area contributed by atoms with E-state index in [2.05, 4.69) is 42.4 Å². The van der Waals surface area contributed by atoms with Crippen LogP contribution in [-0.4, -0.2) is 20.6 Å². The van der Waals surface area contributed by atoms with E-state index < -0.39 is 0 Å². The Hall–Kier alpha value is -1.02. The van der Waals surface area contributed by atoms with Crippen molar-refractivity contribution in [1.82, 2.24) is 5.32 Å². The van der Waals surface area contributed by atoms with Gasteiger partial charge in [0.25, 0.3) is 0 Å². The van der Waals surface area contributed by atoms with Gasteiger partial charge in [0.1, 0.15) is 0 Å². The monoisotopic (exact) mass is 272 g/mol. The normalized spacial score (nSPS) is 28.1. The molecular formula is C18H28N2. The second-order valence-electron chi connectivity index (χ2n) is 6.96. The molecular weight excluding hydrogens is 244 g/mol. The summed E-state index contributed by atoms with van der Waals surface area (Å²) in [4.78, 5) is 2.47. The van der Waals surface area contributed by atoms with Gasteiger partial charge in [0.05, 0.1) is 0 Å². The summed E-state index contributed by atoms with van der Waals surface area (Å²) in [5.74, 6) is 3.02. The molecule has 1 N–H and O–H groups in total. The van der Waals surface area contributed by atoms with Crippen molar-refractivity contribution in [3.8, 4) is 0 Å². The molecule has 2 aliphatic carbocycles. The maximum atomic E-state index is 3.24. The van der Waals surface area contributed by atoms with E-state index in [1.54, 1.807) is 0 Å². The lowest BCUT2D eigenvalue weighted by Gasteiger charge is -2.29. The van der Waals surface area contributed by atoms with Gasteiger partial charge in [0.2, 0.25) is 0 Å². The standard InChI is InChI=1S/C18H28N2/c1-13-8-18(7-6-16(13)11-19-2)20(3)12-17-10-14-4-5-15(17)9-14/h6-8,14-15,17,19H,4-5,9-12H2,1-3H3. The van der Waals surface area contributed by atoms with Gasteiger partial charge >= 0.3 is 0 Å². The molecule has 0 heterocycles. The summed E-state index contributed by atoms with van der Waals surface area (Å²) in [5.41, 5.74) is 4.19. The fraction of sp³-hybridized carbons (Fsp3) is 0.667. The van der Waals surface area contributed by atoms with Gasteiger partial charge in [-0.3, -0.25) is 0 Å². The SMILES string of the molecule is CNCc1ccc(N(C)CC2CC3CCC2C3)cc1C. The number of aryl methyl sites for hydroxylation is 1. The molecule has 0 aliphatic heterocycles. The number of benzene rings is 1. The van der Waals surface area contributed by atoms with E-state index in [1.165, 1.54) is 49.0 Å². The van der Waals surface area contributed by atoms with Crippen LogP contribution in [0.3, 0.4) is 0 Å². The number of rotatable bonds is 5. The van der Waals surface area contributed by atoms with E-state index in [1.807, 2.05) is 7.05 Å². The van der Waals surface area contributed by atoms with Crippen LogP contribution < -0.4 is 10.2 Å². The average molecular weight is 272 g/mol. The van der Waals surface area contributed by atoms with Crippen molar-refractivity contribution >= 4 is 5.69 Å². The third kappa shape index (κ3) is 2.71. The van der Waals surface area contributed by atoms with E-state index in [4.69, 9.17) is 0 Å². The molecule has 0 aromatic heterocycles. The molecule has 2 saturated carbocycles. The topological polar surface area (TPSA) is 15.3 Å². The molecule has 0 radical (unpaired) electrons. The van der Waals surface area contributed by atoms with Crippen molar-refractivity contribution in [1.29, 1.82) is 0 Å². The third-order valence-corrected chi connectivity index (χ3v) is 5.53. The van der Waals surface area contributed by atoms with Crippen LogP contribution in [0.5, 0.6) is 0 Å². The fourth-order valence-corrected chi connectivity index (χ4v) is 4.36. The highest BCUT2D eigenvalue weighted by Crippen LogP contribution is 2.48. The first-order chi connectivity index (χ1) is 9.67. The first-order valence-corrected chi connectivity index (χ1v) is 8.12. The second-order valence-corrected chi connectivity index (χ2v) is 6.96. The molecule has 20 heavy (non-hydrogen) atoms. The first kappa shape index (κ1) is 13.9. The Morgan fingerprint density at radius 1 is 1.25 bits per heavy atom. The first-order valence-electron chi connectivity index (χ1n) is 8.12. The smallest absolute Gasteiger partial charge is 0.0366 e. The zero-order valence-corrected chi connectivity index (χ0v) is 13.2. The van der Waals surface area contributed by atoms with Gasteiger partial charge in [-0.2, -0.15) is 0 Å². The molecule has 3 unspecified atom stereocenters. The number of nitrogens with one attached hydrogen (secondary N) is 1. The Kier molecular flexibility index (Phi) is 4.02. The molecule has 0 spiro atoms. The van der Waals surface area contributed by atoms with Gasteiger partial charge in [0, 0.05) is 25.8 Å². The molecule has 1 aromatic carbocycles. The Labute approximate surface area is 123 Å². The second kappa shape index (κ2) is 5.77. The Balaban J connectivity index is 1.65. The molecule has 3 atom stereocenters. The van der Waals surface area contributed by atoms with E-state index in [-0.39, 0.29) is 0 Å². The number of hydrogen-bond donors (Lipinski definition) is 1. The van der Waals surface area contributed by atoms with Crippen molar-refractivity contribution in [2.24, 2.45) is 17.8 Å². The molecule has 2 heteroatoms. The summed E-state index contributed by atoms with van der Waals surface area (Å²) in [6, 6.07) is 6.91. The lowest BCUT2D eigenvalue weighted by Crippen LogP contribution is -2.28. The highest BCUT2D eigenvalue weighted by Gasteiger charge is 2.39. The molecule has 2 fully saturated rings. The Morgan fingerprint density at radius 3 is 2.70 bits per heavy atom. The van der Waals surface area contributed by atoms with Crippen LogP contribution in [-0.2, 0) is 6.54 Å². The predicted octanol–water partition coefficient (Wildman–Crippen LogP) is 3.59. The minimum absolute atomic E-state index is 0.941. The maximum Gasteiger partial charge on any atom is 0.0366 e. The average Bonchev–Trinajstić information content (AvgIpc) is 3.03. The zero-order valence-electron chi connectivity index (χ0n) is 13.2. The highest BCUT2D eigenvalue weighted by atomic mass is 15.1. The van der Waals surface area contributed by atoms with Gasteiger partial charge < -0.3 is 10.2 Å². The molecule has 110 valence electrons. The number of nitrogens with zero attached hydrogens (tertiary/aromatic N) is 1. The summed E-state index contributed by atoms with van der Waals surface area (Å²) in [6.45, 7) is 4.43. The summed E-state index contributed by atoms with van der Waals surface area (Å²) < 4.78 is 0. The summed E-state index contributed by atoms with van der Waals surface area (Å²) >= 11 is 0.